The maximum absolute atomic E-state index is 11.8. The number of aliphatic hydroxyl groups is 3. The molecule has 0 radical (unpaired) electrons. The smallest absolute Gasteiger partial charge is 0.317 e. The minimum atomic E-state index is -0.529. The third-order valence-corrected chi connectivity index (χ3v) is 11.1. The zero-order chi connectivity index (χ0) is 24.1. The second-order valence-corrected chi connectivity index (χ2v) is 12.1. The number of fused-ring (bicyclic) bond motifs is 5. The lowest BCUT2D eigenvalue weighted by Crippen LogP contribution is -2.64. The number of carbonyl (C=O) groups excluding carboxylic acids is 1. The Morgan fingerprint density at radius 2 is 1.85 bits per heavy atom. The molecule has 0 saturated heterocycles. The van der Waals surface area contributed by atoms with E-state index in [2.05, 4.69) is 42.7 Å². The first-order valence-corrected chi connectivity index (χ1v) is 12.8. The van der Waals surface area contributed by atoms with E-state index >= 15 is 0 Å². The first-order chi connectivity index (χ1) is 15.5. The fourth-order valence-corrected chi connectivity index (χ4v) is 9.26. The predicted molar refractivity (Wildman–Crippen MR) is 122 cm³/mol. The predicted octanol–water partition coefficient (Wildman–Crippen LogP) is 4.38. The fourth-order valence-electron chi connectivity index (χ4n) is 9.26. The summed E-state index contributed by atoms with van der Waals surface area (Å²) >= 11 is 0. The Morgan fingerprint density at radius 3 is 2.55 bits per heavy atom. The first kappa shape index (κ1) is 24.8. The van der Waals surface area contributed by atoms with Crippen molar-refractivity contribution in [3.05, 3.63) is 10.4 Å². The highest BCUT2D eigenvalue weighted by atomic mass is 16.7. The Kier molecular flexibility index (Phi) is 6.78. The molecule has 0 aromatic rings. The summed E-state index contributed by atoms with van der Waals surface area (Å²) in [5, 5.41) is 36.3. The molecule has 3 N–H and O–H groups in total. The van der Waals surface area contributed by atoms with Gasteiger partial charge in [-0.3, -0.25) is 4.79 Å². The van der Waals surface area contributed by atoms with E-state index in [1.165, 1.54) is 0 Å². The van der Waals surface area contributed by atoms with Gasteiger partial charge in [0.2, 0.25) is 0 Å². The molecule has 12 atom stereocenters. The maximum atomic E-state index is 11.8. The Morgan fingerprint density at radius 1 is 1.12 bits per heavy atom. The lowest BCUT2D eigenvalue weighted by molar-refractivity contribution is -0.220. The Labute approximate surface area is 196 Å². The number of azide groups is 1. The zero-order valence-electron chi connectivity index (χ0n) is 20.4. The van der Waals surface area contributed by atoms with E-state index in [4.69, 9.17) is 5.53 Å². The molecule has 0 bridgehead atoms. The highest BCUT2D eigenvalue weighted by Gasteiger charge is 2.66. The van der Waals surface area contributed by atoms with Crippen LogP contribution in [0.4, 0.5) is 0 Å². The lowest BCUT2D eigenvalue weighted by atomic mass is 9.41. The molecule has 0 spiro atoms. The van der Waals surface area contributed by atoms with Crippen molar-refractivity contribution >= 4 is 5.97 Å². The maximum Gasteiger partial charge on any atom is 0.317 e. The standard InChI is InChI=1S/C25H41N3O5/c1-13(5-8-22(32)33-28-27-26)17-6-7-18-23-19(12-21(31)25(17,18)4)24(3)14(2)9-16(29)10-15(24)11-20(23)30/h13-21,23,29-31H,5-12H2,1-4H3/t13-,14?,15+,16-,17-,18+,19+,20-,21+,23+,24+,25-/m1/s1. The van der Waals surface area contributed by atoms with E-state index in [-0.39, 0.29) is 52.9 Å². The van der Waals surface area contributed by atoms with Gasteiger partial charge in [0.25, 0.3) is 0 Å². The van der Waals surface area contributed by atoms with Gasteiger partial charge in [-0.05, 0) is 103 Å². The summed E-state index contributed by atoms with van der Waals surface area (Å²) in [5.74, 6) is 1.27. The normalized spacial score (nSPS) is 49.7. The van der Waals surface area contributed by atoms with E-state index in [1.54, 1.807) is 0 Å². The molecule has 0 aliphatic heterocycles. The van der Waals surface area contributed by atoms with Gasteiger partial charge in [-0.15, -0.1) is 0 Å². The van der Waals surface area contributed by atoms with Crippen molar-refractivity contribution in [1.29, 1.82) is 0 Å². The van der Waals surface area contributed by atoms with E-state index in [0.29, 0.717) is 24.7 Å². The molecule has 0 aromatic heterocycles. The van der Waals surface area contributed by atoms with Gasteiger partial charge in [-0.2, -0.15) is 0 Å². The molecule has 8 heteroatoms. The van der Waals surface area contributed by atoms with Crippen molar-refractivity contribution < 1.29 is 25.0 Å². The number of hydrogen-bond donors (Lipinski definition) is 3. The van der Waals surface area contributed by atoms with E-state index in [1.807, 2.05) is 0 Å². The van der Waals surface area contributed by atoms with Crippen LogP contribution in [0.15, 0.2) is 5.28 Å². The zero-order valence-corrected chi connectivity index (χ0v) is 20.4. The Hall–Kier alpha value is -1.34. The molecule has 186 valence electrons. The topological polar surface area (TPSA) is 136 Å². The van der Waals surface area contributed by atoms with Gasteiger partial charge in [0, 0.05) is 11.3 Å². The molecule has 0 aromatic carbocycles. The fraction of sp³-hybridized carbons (Fsp3) is 0.960. The van der Waals surface area contributed by atoms with Crippen molar-refractivity contribution in [2.24, 2.45) is 57.5 Å². The molecular weight excluding hydrogens is 422 g/mol. The Balaban J connectivity index is 1.55. The summed E-state index contributed by atoms with van der Waals surface area (Å²) in [5.41, 5.74) is 8.05. The number of nitrogens with zero attached hydrogens (tertiary/aromatic N) is 3. The average Bonchev–Trinajstić information content (AvgIpc) is 3.11. The van der Waals surface area contributed by atoms with Crippen molar-refractivity contribution in [3.8, 4) is 0 Å². The van der Waals surface area contributed by atoms with Crippen LogP contribution in [0.25, 0.3) is 10.4 Å². The summed E-state index contributed by atoms with van der Waals surface area (Å²) < 4.78 is 0. The van der Waals surface area contributed by atoms with Crippen LogP contribution in [0.3, 0.4) is 0 Å². The number of aliphatic hydroxyl groups excluding tert-OH is 3. The van der Waals surface area contributed by atoms with Crippen LogP contribution in [0.1, 0.15) is 79.1 Å². The molecular formula is C25H41N3O5. The largest absolute Gasteiger partial charge is 0.393 e. The first-order valence-electron chi connectivity index (χ1n) is 12.8. The lowest BCUT2D eigenvalue weighted by Gasteiger charge is -2.65. The van der Waals surface area contributed by atoms with Crippen molar-refractivity contribution in [2.75, 3.05) is 0 Å². The summed E-state index contributed by atoms with van der Waals surface area (Å²) in [6.07, 6.45) is 4.63. The molecule has 4 aliphatic rings. The van der Waals surface area contributed by atoms with Gasteiger partial charge in [-0.1, -0.05) is 27.7 Å². The molecule has 33 heavy (non-hydrogen) atoms. The molecule has 0 amide bonds. The van der Waals surface area contributed by atoms with Crippen LogP contribution in [-0.2, 0) is 9.63 Å². The van der Waals surface area contributed by atoms with Crippen molar-refractivity contribution in [3.63, 3.8) is 0 Å². The second kappa shape index (κ2) is 9.03. The molecule has 4 aliphatic carbocycles. The molecule has 1 unspecified atom stereocenters. The van der Waals surface area contributed by atoms with Gasteiger partial charge in [0.15, 0.2) is 0 Å². The van der Waals surface area contributed by atoms with E-state index < -0.39 is 18.2 Å². The molecule has 4 rings (SSSR count). The molecule has 8 nitrogen and oxygen atoms in total. The molecule has 4 fully saturated rings. The van der Waals surface area contributed by atoms with Gasteiger partial charge < -0.3 is 20.2 Å². The third kappa shape index (κ3) is 3.87. The summed E-state index contributed by atoms with van der Waals surface area (Å²) in [7, 11) is 0. The quantitative estimate of drug-likeness (QED) is 0.241. The molecule has 0 heterocycles. The highest BCUT2D eigenvalue weighted by Crippen LogP contribution is 2.69. The second-order valence-electron chi connectivity index (χ2n) is 12.1. The SMILES string of the molecule is CC1C[C@@H](O)C[C@H]2C[C@@H](O)[C@@H]3[C@H](C[C@H](O)[C@]4(C)[C@@H]([C@H](C)CCC(=O)ON=[N+]=[N-])CC[C@@H]34)[C@@]12C. The monoisotopic (exact) mass is 463 g/mol. The van der Waals surface area contributed by atoms with E-state index in [0.717, 1.165) is 32.1 Å². The summed E-state index contributed by atoms with van der Waals surface area (Å²) in [6, 6.07) is 0. The van der Waals surface area contributed by atoms with Crippen LogP contribution < -0.4 is 0 Å². The van der Waals surface area contributed by atoms with Crippen LogP contribution >= 0.6 is 0 Å². The minimum Gasteiger partial charge on any atom is -0.393 e. The number of hydrogen-bond acceptors (Lipinski definition) is 6. The average molecular weight is 464 g/mol. The van der Waals surface area contributed by atoms with Crippen molar-refractivity contribution in [1.82, 2.24) is 0 Å². The minimum absolute atomic E-state index is 0.0279. The van der Waals surface area contributed by atoms with E-state index in [9.17, 15) is 20.1 Å². The number of rotatable bonds is 5. The highest BCUT2D eigenvalue weighted by molar-refractivity contribution is 5.69. The van der Waals surface area contributed by atoms with Crippen LogP contribution in [-0.4, -0.2) is 39.6 Å². The van der Waals surface area contributed by atoms with Gasteiger partial charge in [0.05, 0.1) is 18.3 Å². The summed E-state index contributed by atoms with van der Waals surface area (Å²) in [6.45, 7) is 8.95. The van der Waals surface area contributed by atoms with Gasteiger partial charge in [-0.25, -0.2) is 0 Å². The third-order valence-electron chi connectivity index (χ3n) is 11.1. The van der Waals surface area contributed by atoms with Crippen LogP contribution in [0.5, 0.6) is 0 Å². The molecule has 4 saturated carbocycles. The number of carbonyl (C=O) groups is 1. The van der Waals surface area contributed by atoms with Gasteiger partial charge >= 0.3 is 5.97 Å². The Bertz CT molecular complexity index is 803. The summed E-state index contributed by atoms with van der Waals surface area (Å²) in [4.78, 5) is 18.8. The van der Waals surface area contributed by atoms with Crippen molar-refractivity contribution in [2.45, 2.75) is 97.4 Å². The van der Waals surface area contributed by atoms with Gasteiger partial charge in [0.1, 0.15) is 5.28 Å². The van der Waals surface area contributed by atoms with Crippen LogP contribution in [0, 0.1) is 52.3 Å². The van der Waals surface area contributed by atoms with Crippen LogP contribution in [0.2, 0.25) is 0 Å².